The monoisotopic (exact) mass is 315 g/mol. The summed E-state index contributed by atoms with van der Waals surface area (Å²) >= 11 is 0. The number of carbonyl (C=O) groups is 1. The van der Waals surface area contributed by atoms with Crippen molar-refractivity contribution in [3.8, 4) is 0 Å². The maximum absolute atomic E-state index is 11.9. The van der Waals surface area contributed by atoms with Crippen LogP contribution in [0.1, 0.15) is 29.8 Å². The van der Waals surface area contributed by atoms with Gasteiger partial charge in [0.25, 0.3) is 15.9 Å². The van der Waals surface area contributed by atoms with Crippen LogP contribution >= 0.6 is 0 Å². The molecule has 1 fully saturated rings. The van der Waals surface area contributed by atoms with Crippen molar-refractivity contribution >= 4 is 15.9 Å². The molecule has 21 heavy (non-hydrogen) atoms. The van der Waals surface area contributed by atoms with Gasteiger partial charge in [-0.05, 0) is 57.5 Å². The third kappa shape index (κ3) is 4.29. The Morgan fingerprint density at radius 2 is 2.29 bits per heavy atom. The van der Waals surface area contributed by atoms with Crippen LogP contribution in [0.4, 0.5) is 0 Å². The molecule has 2 heterocycles. The Hall–Kier alpha value is -1.38. The number of amides is 1. The van der Waals surface area contributed by atoms with Gasteiger partial charge in [-0.1, -0.05) is 0 Å². The van der Waals surface area contributed by atoms with Crippen molar-refractivity contribution in [2.24, 2.45) is 5.92 Å². The van der Waals surface area contributed by atoms with E-state index in [1.165, 1.54) is 32.0 Å². The van der Waals surface area contributed by atoms with Gasteiger partial charge in [-0.25, -0.2) is 13.1 Å². The highest BCUT2D eigenvalue weighted by Gasteiger charge is 2.19. The zero-order valence-corrected chi connectivity index (χ0v) is 12.8. The van der Waals surface area contributed by atoms with Gasteiger partial charge in [-0.15, -0.1) is 0 Å². The third-order valence-corrected chi connectivity index (χ3v) is 4.86. The maximum Gasteiger partial charge on any atom is 0.287 e. The molecule has 8 heteroatoms. The Morgan fingerprint density at radius 1 is 1.48 bits per heavy atom. The minimum absolute atomic E-state index is 0.00518. The topological polar surface area (TPSA) is 100 Å². The first-order chi connectivity index (χ1) is 10.0. The van der Waals surface area contributed by atoms with Crippen molar-refractivity contribution in [2.75, 3.05) is 26.7 Å². The molecule has 0 bridgehead atoms. The first-order valence-corrected chi connectivity index (χ1v) is 8.53. The standard InChI is InChI=1S/C13H21N3O4S/c1-14-21(18,19)12-5-4-11(20-12)13(17)16-8-6-10-3-2-7-15-9-10/h4-5,10,14-15H,2-3,6-9H2,1H3,(H,16,17). The summed E-state index contributed by atoms with van der Waals surface area (Å²) in [6, 6.07) is 2.63. The van der Waals surface area contributed by atoms with Gasteiger partial charge < -0.3 is 15.1 Å². The molecule has 0 aliphatic carbocycles. The van der Waals surface area contributed by atoms with E-state index in [1.54, 1.807) is 0 Å². The average molecular weight is 315 g/mol. The molecular formula is C13H21N3O4S. The van der Waals surface area contributed by atoms with Gasteiger partial charge in [0.05, 0.1) is 0 Å². The van der Waals surface area contributed by atoms with Crippen LogP contribution in [0.15, 0.2) is 21.6 Å². The maximum atomic E-state index is 11.9. The average Bonchev–Trinajstić information content (AvgIpc) is 2.99. The largest absolute Gasteiger partial charge is 0.438 e. The molecule has 2 rings (SSSR count). The number of piperidine rings is 1. The summed E-state index contributed by atoms with van der Waals surface area (Å²) in [5, 5.41) is 5.82. The molecule has 0 radical (unpaired) electrons. The van der Waals surface area contributed by atoms with Gasteiger partial charge in [0, 0.05) is 6.54 Å². The van der Waals surface area contributed by atoms with Crippen LogP contribution in [0.2, 0.25) is 0 Å². The van der Waals surface area contributed by atoms with E-state index in [9.17, 15) is 13.2 Å². The van der Waals surface area contributed by atoms with E-state index in [-0.39, 0.29) is 10.9 Å². The highest BCUT2D eigenvalue weighted by molar-refractivity contribution is 7.89. The van der Waals surface area contributed by atoms with Gasteiger partial charge >= 0.3 is 0 Å². The lowest BCUT2D eigenvalue weighted by Gasteiger charge is -2.22. The zero-order valence-electron chi connectivity index (χ0n) is 12.0. The molecule has 1 atom stereocenters. The molecule has 1 saturated heterocycles. The van der Waals surface area contributed by atoms with Gasteiger partial charge in [0.15, 0.2) is 5.76 Å². The molecule has 1 unspecified atom stereocenters. The van der Waals surface area contributed by atoms with Crippen molar-refractivity contribution in [1.82, 2.24) is 15.4 Å². The fourth-order valence-electron chi connectivity index (χ4n) is 2.33. The van der Waals surface area contributed by atoms with E-state index in [4.69, 9.17) is 4.42 Å². The summed E-state index contributed by atoms with van der Waals surface area (Å²) in [6.07, 6.45) is 3.25. The predicted molar refractivity (Wildman–Crippen MR) is 77.5 cm³/mol. The van der Waals surface area contributed by atoms with Gasteiger partial charge in [0.1, 0.15) is 0 Å². The number of rotatable bonds is 6. The number of hydrogen-bond donors (Lipinski definition) is 3. The quantitative estimate of drug-likeness (QED) is 0.701. The van der Waals surface area contributed by atoms with Gasteiger partial charge in [-0.3, -0.25) is 4.79 Å². The number of hydrogen-bond acceptors (Lipinski definition) is 5. The predicted octanol–water partition coefficient (Wildman–Crippen LogP) is 0.307. The molecule has 0 saturated carbocycles. The van der Waals surface area contributed by atoms with E-state index in [1.807, 2.05) is 0 Å². The summed E-state index contributed by atoms with van der Waals surface area (Å²) in [7, 11) is -2.37. The van der Waals surface area contributed by atoms with Gasteiger partial charge in [-0.2, -0.15) is 0 Å². The summed E-state index contributed by atoms with van der Waals surface area (Å²) in [6.45, 7) is 2.61. The molecule has 3 N–H and O–H groups in total. The first-order valence-electron chi connectivity index (χ1n) is 7.05. The number of carbonyl (C=O) groups excluding carboxylic acids is 1. The second-order valence-electron chi connectivity index (χ2n) is 5.08. The van der Waals surface area contributed by atoms with Crippen molar-refractivity contribution in [3.05, 3.63) is 17.9 Å². The number of nitrogens with one attached hydrogen (secondary N) is 3. The molecular weight excluding hydrogens is 294 g/mol. The molecule has 0 spiro atoms. The summed E-state index contributed by atoms with van der Waals surface area (Å²) < 4.78 is 30.2. The molecule has 1 aromatic rings. The number of furan rings is 1. The van der Waals surface area contributed by atoms with Crippen molar-refractivity contribution in [1.29, 1.82) is 0 Å². The molecule has 1 amide bonds. The van der Waals surface area contributed by atoms with Crippen LogP contribution in [-0.2, 0) is 10.0 Å². The van der Waals surface area contributed by atoms with E-state index in [0.717, 1.165) is 19.5 Å². The molecule has 7 nitrogen and oxygen atoms in total. The van der Waals surface area contributed by atoms with Crippen LogP contribution in [0.25, 0.3) is 0 Å². The number of sulfonamides is 1. The highest BCUT2D eigenvalue weighted by atomic mass is 32.2. The lowest BCUT2D eigenvalue weighted by atomic mass is 9.96. The van der Waals surface area contributed by atoms with Crippen molar-refractivity contribution in [2.45, 2.75) is 24.4 Å². The lowest BCUT2D eigenvalue weighted by molar-refractivity contribution is 0.0917. The van der Waals surface area contributed by atoms with Gasteiger partial charge in [0.2, 0.25) is 5.09 Å². The first kappa shape index (κ1) is 16.0. The zero-order chi connectivity index (χ0) is 15.3. The smallest absolute Gasteiger partial charge is 0.287 e. The third-order valence-electron chi connectivity index (χ3n) is 3.58. The Bertz CT molecular complexity index is 576. The lowest BCUT2D eigenvalue weighted by Crippen LogP contribution is -2.33. The van der Waals surface area contributed by atoms with Crippen LogP contribution in [0, 0.1) is 5.92 Å². The fourth-order valence-corrected chi connectivity index (χ4v) is 2.98. The van der Waals surface area contributed by atoms with Crippen LogP contribution in [0.5, 0.6) is 0 Å². The Morgan fingerprint density at radius 3 is 2.95 bits per heavy atom. The second kappa shape index (κ2) is 7.06. The molecule has 1 aliphatic rings. The highest BCUT2D eigenvalue weighted by Crippen LogP contribution is 2.15. The normalized spacial score (nSPS) is 19.4. The fraction of sp³-hybridized carbons (Fsp3) is 0.615. The Kier molecular flexibility index (Phi) is 5.38. The molecule has 1 aliphatic heterocycles. The summed E-state index contributed by atoms with van der Waals surface area (Å²) in [5.41, 5.74) is 0. The summed E-state index contributed by atoms with van der Waals surface area (Å²) in [5.74, 6) is 0.192. The molecule has 1 aromatic heterocycles. The second-order valence-corrected chi connectivity index (χ2v) is 6.90. The Labute approximate surface area is 124 Å². The van der Waals surface area contributed by atoms with Crippen molar-refractivity contribution in [3.63, 3.8) is 0 Å². The summed E-state index contributed by atoms with van der Waals surface area (Å²) in [4.78, 5) is 11.9. The van der Waals surface area contributed by atoms with Crippen LogP contribution in [-0.4, -0.2) is 41.0 Å². The van der Waals surface area contributed by atoms with Crippen LogP contribution in [0.3, 0.4) is 0 Å². The van der Waals surface area contributed by atoms with Crippen LogP contribution < -0.4 is 15.4 Å². The van der Waals surface area contributed by atoms with E-state index < -0.39 is 15.9 Å². The minimum atomic E-state index is -3.65. The minimum Gasteiger partial charge on any atom is -0.438 e. The SMILES string of the molecule is CNS(=O)(=O)c1ccc(C(=O)NCCC2CCCNC2)o1. The Balaban J connectivity index is 1.83. The van der Waals surface area contributed by atoms with E-state index in [0.29, 0.717) is 12.5 Å². The molecule has 0 aromatic carbocycles. The van der Waals surface area contributed by atoms with Crippen molar-refractivity contribution < 1.29 is 17.6 Å². The van der Waals surface area contributed by atoms with E-state index in [2.05, 4.69) is 15.4 Å². The molecule has 118 valence electrons. The van der Waals surface area contributed by atoms with E-state index >= 15 is 0 Å².